The number of hydrazine groups is 1. The second-order valence-electron chi connectivity index (χ2n) is 2.64. The number of ether oxygens (including phenoxy) is 3. The predicted molar refractivity (Wildman–Crippen MR) is 56.2 cm³/mol. The highest BCUT2D eigenvalue weighted by molar-refractivity contribution is 5.25. The van der Waals surface area contributed by atoms with E-state index in [0.29, 0.717) is 19.8 Å². The van der Waals surface area contributed by atoms with E-state index in [-0.39, 0.29) is 18.0 Å². The Balaban J connectivity index is 2.69. The van der Waals surface area contributed by atoms with Crippen molar-refractivity contribution in [3.8, 4) is 12.0 Å². The maximum atomic E-state index is 5.21. The number of hydrogen-bond donors (Lipinski definition) is 2. The fraction of sp³-hybridized carbons (Fsp3) is 0.625. The average molecular weight is 229 g/mol. The van der Waals surface area contributed by atoms with Crippen molar-refractivity contribution in [2.75, 3.05) is 32.4 Å². The predicted octanol–water partition coefficient (Wildman–Crippen LogP) is -0.419. The van der Waals surface area contributed by atoms with Crippen LogP contribution < -0.4 is 20.7 Å². The van der Waals surface area contributed by atoms with E-state index in [9.17, 15) is 0 Å². The molecule has 16 heavy (non-hydrogen) atoms. The lowest BCUT2D eigenvalue weighted by Gasteiger charge is -2.07. The van der Waals surface area contributed by atoms with E-state index in [0.717, 1.165) is 0 Å². The molecule has 0 aliphatic rings. The molecule has 8 nitrogen and oxygen atoms in total. The van der Waals surface area contributed by atoms with Gasteiger partial charge in [-0.15, -0.1) is 4.98 Å². The van der Waals surface area contributed by atoms with Crippen LogP contribution in [-0.4, -0.2) is 41.9 Å². The molecule has 0 aliphatic heterocycles. The molecule has 0 saturated heterocycles. The van der Waals surface area contributed by atoms with Gasteiger partial charge >= 0.3 is 12.0 Å². The summed E-state index contributed by atoms with van der Waals surface area (Å²) in [6, 6.07) is 0.307. The molecular weight excluding hydrogens is 214 g/mol. The summed E-state index contributed by atoms with van der Waals surface area (Å²) in [5.74, 6) is 5.39. The number of hydrogen-bond acceptors (Lipinski definition) is 8. The molecule has 0 radical (unpaired) electrons. The molecule has 0 saturated carbocycles. The van der Waals surface area contributed by atoms with E-state index < -0.39 is 0 Å². The third-order valence-electron chi connectivity index (χ3n) is 1.52. The van der Waals surface area contributed by atoms with Crippen molar-refractivity contribution in [1.82, 2.24) is 15.0 Å². The van der Waals surface area contributed by atoms with Crippen molar-refractivity contribution < 1.29 is 14.2 Å². The number of anilines is 1. The largest absolute Gasteiger partial charge is 0.464 e. The van der Waals surface area contributed by atoms with Crippen LogP contribution in [0.2, 0.25) is 0 Å². The van der Waals surface area contributed by atoms with Crippen LogP contribution in [0.15, 0.2) is 0 Å². The third-order valence-corrected chi connectivity index (χ3v) is 1.52. The lowest BCUT2D eigenvalue weighted by molar-refractivity contribution is 0.139. The molecule has 0 spiro atoms. The summed E-state index contributed by atoms with van der Waals surface area (Å²) < 4.78 is 15.2. The van der Waals surface area contributed by atoms with Crippen molar-refractivity contribution in [3.63, 3.8) is 0 Å². The quantitative estimate of drug-likeness (QED) is 0.369. The third kappa shape index (κ3) is 3.83. The van der Waals surface area contributed by atoms with Crippen molar-refractivity contribution in [3.05, 3.63) is 0 Å². The molecule has 0 bridgehead atoms. The number of nitrogens with zero attached hydrogens (tertiary/aromatic N) is 3. The van der Waals surface area contributed by atoms with Crippen molar-refractivity contribution >= 4 is 5.95 Å². The summed E-state index contributed by atoms with van der Waals surface area (Å²) in [6.07, 6.45) is 0. The number of nitrogens with one attached hydrogen (secondary N) is 1. The lowest BCUT2D eigenvalue weighted by atomic mass is 10.8. The highest BCUT2D eigenvalue weighted by atomic mass is 16.5. The summed E-state index contributed by atoms with van der Waals surface area (Å²) in [7, 11) is 1.58. The molecule has 8 heteroatoms. The molecule has 0 amide bonds. The Labute approximate surface area is 93.1 Å². The number of nitrogens with two attached hydrogens (primary N) is 1. The lowest BCUT2D eigenvalue weighted by Crippen LogP contribution is -2.14. The Kier molecular flexibility index (Phi) is 5.23. The number of aromatic nitrogens is 3. The molecule has 90 valence electrons. The van der Waals surface area contributed by atoms with Crippen molar-refractivity contribution in [2.24, 2.45) is 5.84 Å². The smallest absolute Gasteiger partial charge is 0.324 e. The molecule has 0 unspecified atom stereocenters. The molecule has 0 fully saturated rings. The molecule has 0 atom stereocenters. The molecule has 1 aromatic rings. The molecule has 1 heterocycles. The molecule has 3 N–H and O–H groups in total. The van der Waals surface area contributed by atoms with Crippen molar-refractivity contribution in [2.45, 2.75) is 6.92 Å². The minimum absolute atomic E-state index is 0.142. The second-order valence-corrected chi connectivity index (χ2v) is 2.64. The summed E-state index contributed by atoms with van der Waals surface area (Å²) in [4.78, 5) is 11.7. The Morgan fingerprint density at radius 3 is 2.38 bits per heavy atom. The van der Waals surface area contributed by atoms with Crippen LogP contribution in [0.3, 0.4) is 0 Å². The van der Waals surface area contributed by atoms with E-state index in [1.807, 2.05) is 6.92 Å². The maximum Gasteiger partial charge on any atom is 0.324 e. The van der Waals surface area contributed by atoms with Gasteiger partial charge in [-0.25, -0.2) is 5.84 Å². The van der Waals surface area contributed by atoms with E-state index in [1.165, 1.54) is 0 Å². The minimum Gasteiger partial charge on any atom is -0.464 e. The van der Waals surface area contributed by atoms with E-state index in [4.69, 9.17) is 20.1 Å². The Morgan fingerprint density at radius 2 is 1.81 bits per heavy atom. The van der Waals surface area contributed by atoms with Gasteiger partial charge < -0.3 is 14.2 Å². The molecule has 0 aromatic carbocycles. The van der Waals surface area contributed by atoms with E-state index in [1.54, 1.807) is 7.11 Å². The minimum atomic E-state index is 0.142. The summed E-state index contributed by atoms with van der Waals surface area (Å²) in [5, 5.41) is 0. The van der Waals surface area contributed by atoms with Crippen LogP contribution in [0.5, 0.6) is 12.0 Å². The Hall–Kier alpha value is -1.67. The average Bonchev–Trinajstić information content (AvgIpc) is 2.29. The van der Waals surface area contributed by atoms with Crippen LogP contribution in [0.1, 0.15) is 6.92 Å². The maximum absolute atomic E-state index is 5.21. The van der Waals surface area contributed by atoms with E-state index >= 15 is 0 Å². The Morgan fingerprint density at radius 1 is 1.12 bits per heavy atom. The first-order valence-electron chi connectivity index (χ1n) is 4.77. The normalized spacial score (nSPS) is 9.94. The van der Waals surface area contributed by atoms with Gasteiger partial charge in [-0.1, -0.05) is 0 Å². The zero-order chi connectivity index (χ0) is 11.8. The molecule has 1 aromatic heterocycles. The first kappa shape index (κ1) is 12.4. The number of nitrogen functional groups attached to an aromatic ring is 1. The van der Waals surface area contributed by atoms with Crippen LogP contribution in [-0.2, 0) is 4.74 Å². The highest BCUT2D eigenvalue weighted by Crippen LogP contribution is 2.11. The standard InChI is InChI=1S/C8H15N5O3/c1-3-15-7-10-6(13-9)11-8(12-7)16-5-4-14-2/h3-5,9H2,1-2H3,(H,10,11,12,13). The van der Waals surface area contributed by atoms with Crippen LogP contribution in [0.4, 0.5) is 5.95 Å². The van der Waals surface area contributed by atoms with Gasteiger partial charge in [-0.05, 0) is 6.92 Å². The first-order chi connectivity index (χ1) is 7.80. The second kappa shape index (κ2) is 6.75. The van der Waals surface area contributed by atoms with Gasteiger partial charge in [0.25, 0.3) is 0 Å². The highest BCUT2D eigenvalue weighted by Gasteiger charge is 2.07. The first-order valence-corrected chi connectivity index (χ1v) is 4.77. The van der Waals surface area contributed by atoms with Gasteiger partial charge in [0.05, 0.1) is 13.2 Å². The van der Waals surface area contributed by atoms with Gasteiger partial charge in [0.15, 0.2) is 0 Å². The van der Waals surface area contributed by atoms with Gasteiger partial charge in [0.1, 0.15) is 6.61 Å². The topological polar surface area (TPSA) is 104 Å². The van der Waals surface area contributed by atoms with Gasteiger partial charge in [-0.3, -0.25) is 5.43 Å². The van der Waals surface area contributed by atoms with E-state index in [2.05, 4.69) is 20.4 Å². The van der Waals surface area contributed by atoms with Crippen molar-refractivity contribution in [1.29, 1.82) is 0 Å². The zero-order valence-corrected chi connectivity index (χ0v) is 9.27. The fourth-order valence-corrected chi connectivity index (χ4v) is 0.877. The van der Waals surface area contributed by atoms with Gasteiger partial charge in [0, 0.05) is 7.11 Å². The summed E-state index contributed by atoms with van der Waals surface area (Å²) >= 11 is 0. The molecular formula is C8H15N5O3. The summed E-state index contributed by atoms with van der Waals surface area (Å²) in [5.41, 5.74) is 2.30. The Bertz CT molecular complexity index is 323. The van der Waals surface area contributed by atoms with Gasteiger partial charge in [-0.2, -0.15) is 9.97 Å². The fourth-order valence-electron chi connectivity index (χ4n) is 0.877. The molecule has 0 aliphatic carbocycles. The van der Waals surface area contributed by atoms with Gasteiger partial charge in [0.2, 0.25) is 5.95 Å². The number of rotatable bonds is 7. The van der Waals surface area contributed by atoms with Crippen LogP contribution in [0, 0.1) is 0 Å². The SMILES string of the molecule is CCOc1nc(NN)nc(OCCOC)n1. The van der Waals surface area contributed by atoms with Crippen LogP contribution in [0.25, 0.3) is 0 Å². The monoisotopic (exact) mass is 229 g/mol. The summed E-state index contributed by atoms with van der Waals surface area (Å²) in [6.45, 7) is 3.06. The zero-order valence-electron chi connectivity index (χ0n) is 9.27. The molecule has 1 rings (SSSR count). The van der Waals surface area contributed by atoms with Crippen LogP contribution >= 0.6 is 0 Å². The number of methoxy groups -OCH3 is 1.